The van der Waals surface area contributed by atoms with Crippen molar-refractivity contribution in [3.8, 4) is 23.0 Å². The van der Waals surface area contributed by atoms with E-state index in [2.05, 4.69) is 9.98 Å². The van der Waals surface area contributed by atoms with Crippen LogP contribution in [0, 0.1) is 24.0 Å². The van der Waals surface area contributed by atoms with Crippen molar-refractivity contribution in [2.24, 2.45) is 4.99 Å². The number of rotatable bonds is 4. The molecule has 0 unspecified atom stereocenters. The van der Waals surface area contributed by atoms with Crippen LogP contribution in [-0.4, -0.2) is 22.9 Å². The molecule has 0 saturated carbocycles. The number of aromatic nitrogens is 1. The number of hydrogen-bond donors (Lipinski definition) is 0. The molecule has 1 aliphatic rings. The number of aliphatic imine (C=N–C) groups is 1. The van der Waals surface area contributed by atoms with Gasteiger partial charge in [-0.25, -0.2) is 4.98 Å². The second-order valence-electron chi connectivity index (χ2n) is 7.25. The summed E-state index contributed by atoms with van der Waals surface area (Å²) in [6, 6.07) is 14.2. The molecule has 154 valence electrons. The number of aryl methyl sites for hydroxylation is 2. The van der Waals surface area contributed by atoms with Crippen molar-refractivity contribution in [2.45, 2.75) is 13.8 Å². The largest absolute Gasteiger partial charge is 0.454 e. The smallest absolute Gasteiger partial charge is 0.282 e. The first-order valence-corrected chi connectivity index (χ1v) is 9.58. The summed E-state index contributed by atoms with van der Waals surface area (Å²) < 4.78 is 16.4. The van der Waals surface area contributed by atoms with E-state index in [-0.39, 0.29) is 12.5 Å². The predicted molar refractivity (Wildman–Crippen MR) is 115 cm³/mol. The standard InChI is InChI=1S/C23H17N3O5/c1-13-7-18-20(8-14(13)2)31-23(25-18)15-3-5-17(6-4-15)24-11-16-9-21-22(30-12-29-21)10-19(16)26(27)28/h3-11H,12H2,1-2H3. The summed E-state index contributed by atoms with van der Waals surface area (Å²) in [6.45, 7) is 4.12. The first-order chi connectivity index (χ1) is 15.0. The van der Waals surface area contributed by atoms with Crippen molar-refractivity contribution in [3.05, 3.63) is 75.3 Å². The lowest BCUT2D eigenvalue weighted by molar-refractivity contribution is -0.385. The summed E-state index contributed by atoms with van der Waals surface area (Å²) in [6.07, 6.45) is 1.44. The molecular weight excluding hydrogens is 398 g/mol. The number of nitrogens with zero attached hydrogens (tertiary/aromatic N) is 3. The van der Waals surface area contributed by atoms with Crippen LogP contribution >= 0.6 is 0 Å². The first kappa shape index (κ1) is 18.8. The average molecular weight is 415 g/mol. The number of nitro groups is 1. The van der Waals surface area contributed by atoms with Gasteiger partial charge >= 0.3 is 0 Å². The van der Waals surface area contributed by atoms with E-state index in [1.165, 1.54) is 12.3 Å². The topological polar surface area (TPSA) is 100.0 Å². The van der Waals surface area contributed by atoms with Crippen LogP contribution in [0.5, 0.6) is 11.5 Å². The lowest BCUT2D eigenvalue weighted by Crippen LogP contribution is -1.94. The van der Waals surface area contributed by atoms with Gasteiger partial charge in [0.2, 0.25) is 12.7 Å². The molecule has 31 heavy (non-hydrogen) atoms. The Labute approximate surface area is 176 Å². The Kier molecular flexibility index (Phi) is 4.39. The van der Waals surface area contributed by atoms with E-state index >= 15 is 0 Å². The van der Waals surface area contributed by atoms with Crippen LogP contribution in [0.25, 0.3) is 22.6 Å². The second kappa shape index (κ2) is 7.24. The third-order valence-corrected chi connectivity index (χ3v) is 5.19. The highest BCUT2D eigenvalue weighted by atomic mass is 16.7. The minimum Gasteiger partial charge on any atom is -0.454 e. The fourth-order valence-corrected chi connectivity index (χ4v) is 3.35. The first-order valence-electron chi connectivity index (χ1n) is 9.58. The zero-order valence-corrected chi connectivity index (χ0v) is 16.8. The van der Waals surface area contributed by atoms with E-state index in [0.29, 0.717) is 28.6 Å². The Bertz CT molecular complexity index is 1320. The molecule has 8 nitrogen and oxygen atoms in total. The molecule has 5 rings (SSSR count). The van der Waals surface area contributed by atoms with Crippen molar-refractivity contribution in [2.75, 3.05) is 6.79 Å². The van der Waals surface area contributed by atoms with Gasteiger partial charge in [0.05, 0.1) is 22.2 Å². The van der Waals surface area contributed by atoms with Gasteiger partial charge in [-0.15, -0.1) is 0 Å². The van der Waals surface area contributed by atoms with Gasteiger partial charge in [0.1, 0.15) is 5.52 Å². The Morgan fingerprint density at radius 1 is 1.03 bits per heavy atom. The van der Waals surface area contributed by atoms with Gasteiger partial charge in [-0.1, -0.05) is 0 Å². The zero-order valence-electron chi connectivity index (χ0n) is 16.8. The quantitative estimate of drug-likeness (QED) is 0.248. The molecule has 0 radical (unpaired) electrons. The van der Waals surface area contributed by atoms with Crippen molar-refractivity contribution >= 4 is 28.7 Å². The number of fused-ring (bicyclic) bond motifs is 2. The van der Waals surface area contributed by atoms with Gasteiger partial charge < -0.3 is 13.9 Å². The van der Waals surface area contributed by atoms with Crippen LogP contribution in [0.3, 0.4) is 0 Å². The Balaban J connectivity index is 1.42. The molecule has 3 aromatic carbocycles. The highest BCUT2D eigenvalue weighted by Gasteiger charge is 2.22. The summed E-state index contributed by atoms with van der Waals surface area (Å²) in [5.74, 6) is 1.35. The Hall–Kier alpha value is -4.20. The maximum atomic E-state index is 11.4. The van der Waals surface area contributed by atoms with Crippen molar-refractivity contribution in [1.82, 2.24) is 4.98 Å². The van der Waals surface area contributed by atoms with Crippen LogP contribution < -0.4 is 9.47 Å². The summed E-state index contributed by atoms with van der Waals surface area (Å²) in [5.41, 5.74) is 5.57. The van der Waals surface area contributed by atoms with Gasteiger partial charge in [-0.2, -0.15) is 0 Å². The SMILES string of the molecule is Cc1cc2nc(-c3ccc(N=Cc4cc5c(cc4[N+](=O)[O-])OCO5)cc3)oc2cc1C. The molecule has 0 aliphatic carbocycles. The molecular formula is C23H17N3O5. The van der Waals surface area contributed by atoms with Crippen LogP contribution in [0.2, 0.25) is 0 Å². The highest BCUT2D eigenvalue weighted by Crippen LogP contribution is 2.37. The number of ether oxygens (including phenoxy) is 2. The lowest BCUT2D eigenvalue weighted by atomic mass is 10.1. The van der Waals surface area contributed by atoms with Crippen molar-refractivity contribution in [3.63, 3.8) is 0 Å². The fraction of sp³-hybridized carbons (Fsp3) is 0.130. The minimum absolute atomic E-state index is 0.0451. The monoisotopic (exact) mass is 415 g/mol. The molecule has 8 heteroatoms. The predicted octanol–water partition coefficient (Wildman–Crippen LogP) is 5.50. The Morgan fingerprint density at radius 2 is 1.74 bits per heavy atom. The van der Waals surface area contributed by atoms with E-state index in [0.717, 1.165) is 27.8 Å². The number of benzene rings is 3. The number of nitro benzene ring substituents is 1. The third-order valence-electron chi connectivity index (χ3n) is 5.19. The highest BCUT2D eigenvalue weighted by molar-refractivity contribution is 5.89. The third kappa shape index (κ3) is 3.48. The Morgan fingerprint density at radius 3 is 2.48 bits per heavy atom. The van der Waals surface area contributed by atoms with E-state index in [1.54, 1.807) is 18.2 Å². The van der Waals surface area contributed by atoms with Crippen LogP contribution in [-0.2, 0) is 0 Å². The molecule has 0 saturated heterocycles. The number of oxazole rings is 1. The molecule has 1 aliphatic heterocycles. The second-order valence-corrected chi connectivity index (χ2v) is 7.25. The van der Waals surface area contributed by atoms with Crippen LogP contribution in [0.1, 0.15) is 16.7 Å². The number of hydrogen-bond acceptors (Lipinski definition) is 7. The molecule has 0 spiro atoms. The van der Waals surface area contributed by atoms with Gasteiger partial charge in [0.15, 0.2) is 17.1 Å². The van der Waals surface area contributed by atoms with Gasteiger partial charge in [-0.3, -0.25) is 15.1 Å². The summed E-state index contributed by atoms with van der Waals surface area (Å²) in [7, 11) is 0. The van der Waals surface area contributed by atoms with Gasteiger partial charge in [0.25, 0.3) is 5.69 Å². The summed E-state index contributed by atoms with van der Waals surface area (Å²) in [5, 5.41) is 11.4. The average Bonchev–Trinajstić information content (AvgIpc) is 3.38. The fourth-order valence-electron chi connectivity index (χ4n) is 3.35. The van der Waals surface area contributed by atoms with Crippen LogP contribution in [0.4, 0.5) is 11.4 Å². The molecule has 2 heterocycles. The molecule has 0 bridgehead atoms. The summed E-state index contributed by atoms with van der Waals surface area (Å²) in [4.78, 5) is 19.8. The van der Waals surface area contributed by atoms with Crippen molar-refractivity contribution < 1.29 is 18.8 Å². The maximum Gasteiger partial charge on any atom is 0.282 e. The lowest BCUT2D eigenvalue weighted by Gasteiger charge is -2.01. The molecule has 0 N–H and O–H groups in total. The van der Waals surface area contributed by atoms with E-state index in [1.807, 2.05) is 38.1 Å². The molecule has 0 fully saturated rings. The molecule has 1 aromatic heterocycles. The van der Waals surface area contributed by atoms with Crippen molar-refractivity contribution in [1.29, 1.82) is 0 Å². The van der Waals surface area contributed by atoms with E-state index in [9.17, 15) is 10.1 Å². The molecule has 0 amide bonds. The van der Waals surface area contributed by atoms with Crippen LogP contribution in [0.15, 0.2) is 57.9 Å². The molecule has 4 aromatic rings. The van der Waals surface area contributed by atoms with Gasteiger partial charge in [-0.05, 0) is 67.4 Å². The normalized spacial score (nSPS) is 12.7. The van der Waals surface area contributed by atoms with E-state index < -0.39 is 4.92 Å². The minimum atomic E-state index is -0.469. The van der Waals surface area contributed by atoms with Gasteiger partial charge in [0, 0.05) is 11.8 Å². The summed E-state index contributed by atoms with van der Waals surface area (Å²) >= 11 is 0. The zero-order chi connectivity index (χ0) is 21.5. The van der Waals surface area contributed by atoms with E-state index in [4.69, 9.17) is 13.9 Å². The maximum absolute atomic E-state index is 11.4. The molecule has 0 atom stereocenters.